The highest BCUT2D eigenvalue weighted by molar-refractivity contribution is 4.99. The Balaban J connectivity index is 2.12. The zero-order valence-corrected chi connectivity index (χ0v) is 9.95. The lowest BCUT2D eigenvalue weighted by Gasteiger charge is -2.06. The normalized spacial score (nSPS) is 10.9. The van der Waals surface area contributed by atoms with Gasteiger partial charge in [-0.2, -0.15) is 0 Å². The molecule has 0 unspecified atom stereocenters. The monoisotopic (exact) mass is 207 g/mol. The first-order chi connectivity index (χ1) is 7.18. The molecule has 0 aliphatic heterocycles. The van der Waals surface area contributed by atoms with E-state index in [-0.39, 0.29) is 0 Å². The first-order valence-corrected chi connectivity index (χ1v) is 5.66. The van der Waals surface area contributed by atoms with Crippen LogP contribution in [0, 0.1) is 12.8 Å². The van der Waals surface area contributed by atoms with Gasteiger partial charge in [0.05, 0.1) is 11.4 Å². The molecule has 84 valence electrons. The zero-order valence-electron chi connectivity index (χ0n) is 9.95. The van der Waals surface area contributed by atoms with E-state index in [1.54, 1.807) is 0 Å². The Morgan fingerprint density at radius 1 is 1.27 bits per heavy atom. The molecule has 1 aromatic rings. The summed E-state index contributed by atoms with van der Waals surface area (Å²) < 4.78 is 0. The van der Waals surface area contributed by atoms with E-state index in [0.717, 1.165) is 30.4 Å². The minimum absolute atomic E-state index is 0.797. The van der Waals surface area contributed by atoms with Gasteiger partial charge in [-0.3, -0.25) is 9.97 Å². The summed E-state index contributed by atoms with van der Waals surface area (Å²) in [6, 6.07) is 0. The Labute approximate surface area is 92.3 Å². The van der Waals surface area contributed by atoms with Crippen molar-refractivity contribution in [2.45, 2.75) is 40.2 Å². The van der Waals surface area contributed by atoms with E-state index < -0.39 is 0 Å². The van der Waals surface area contributed by atoms with Crippen molar-refractivity contribution in [2.75, 3.05) is 6.54 Å². The predicted molar refractivity (Wildman–Crippen MR) is 62.5 cm³/mol. The molecule has 3 nitrogen and oxygen atoms in total. The van der Waals surface area contributed by atoms with Crippen molar-refractivity contribution in [1.29, 1.82) is 0 Å². The molecule has 3 heteroatoms. The highest BCUT2D eigenvalue weighted by Gasteiger charge is 1.96. The van der Waals surface area contributed by atoms with Crippen molar-refractivity contribution in [3.63, 3.8) is 0 Å². The molecule has 1 heterocycles. The van der Waals surface area contributed by atoms with E-state index in [1.807, 2.05) is 19.3 Å². The van der Waals surface area contributed by atoms with Crippen LogP contribution in [0.4, 0.5) is 0 Å². The molecule has 15 heavy (non-hydrogen) atoms. The van der Waals surface area contributed by atoms with Crippen LogP contribution in [0.2, 0.25) is 0 Å². The van der Waals surface area contributed by atoms with Crippen LogP contribution in [0.25, 0.3) is 0 Å². The smallest absolute Gasteiger partial charge is 0.0724 e. The average molecular weight is 207 g/mol. The Bertz CT molecular complexity index is 267. The SMILES string of the molecule is Cc1cnc(CNCCCC(C)C)cn1. The van der Waals surface area contributed by atoms with Gasteiger partial charge in [-0.25, -0.2) is 0 Å². The summed E-state index contributed by atoms with van der Waals surface area (Å²) in [5, 5.41) is 3.37. The van der Waals surface area contributed by atoms with E-state index in [1.165, 1.54) is 12.8 Å². The third-order valence-electron chi connectivity index (χ3n) is 2.28. The number of hydrogen-bond donors (Lipinski definition) is 1. The van der Waals surface area contributed by atoms with Crippen LogP contribution < -0.4 is 5.32 Å². The third-order valence-corrected chi connectivity index (χ3v) is 2.28. The maximum atomic E-state index is 4.29. The van der Waals surface area contributed by atoms with Crippen LogP contribution in [-0.2, 0) is 6.54 Å². The molecule has 0 aliphatic rings. The van der Waals surface area contributed by atoms with E-state index >= 15 is 0 Å². The quantitative estimate of drug-likeness (QED) is 0.727. The fourth-order valence-corrected chi connectivity index (χ4v) is 1.36. The van der Waals surface area contributed by atoms with Gasteiger partial charge >= 0.3 is 0 Å². The number of nitrogens with zero attached hydrogens (tertiary/aromatic N) is 2. The van der Waals surface area contributed by atoms with Gasteiger partial charge < -0.3 is 5.32 Å². The summed E-state index contributed by atoms with van der Waals surface area (Å²) in [6.45, 7) is 8.35. The molecular formula is C12H21N3. The average Bonchev–Trinajstić information content (AvgIpc) is 2.20. The second kappa shape index (κ2) is 6.51. The van der Waals surface area contributed by atoms with Gasteiger partial charge in [-0.1, -0.05) is 13.8 Å². The molecule has 0 amide bonds. The first-order valence-electron chi connectivity index (χ1n) is 5.66. The standard InChI is InChI=1S/C12H21N3/c1-10(2)5-4-6-13-8-12-9-14-11(3)7-15-12/h7,9-10,13H,4-6,8H2,1-3H3. The Hall–Kier alpha value is -0.960. The molecule has 0 aliphatic carbocycles. The van der Waals surface area contributed by atoms with Crippen molar-refractivity contribution >= 4 is 0 Å². The lowest BCUT2D eigenvalue weighted by Crippen LogP contribution is -2.16. The number of nitrogens with one attached hydrogen (secondary N) is 1. The van der Waals surface area contributed by atoms with Gasteiger partial charge in [-0.15, -0.1) is 0 Å². The molecule has 0 saturated carbocycles. The fraction of sp³-hybridized carbons (Fsp3) is 0.667. The van der Waals surface area contributed by atoms with Gasteiger partial charge in [0.2, 0.25) is 0 Å². The van der Waals surface area contributed by atoms with Crippen molar-refractivity contribution in [2.24, 2.45) is 5.92 Å². The van der Waals surface area contributed by atoms with Crippen molar-refractivity contribution < 1.29 is 0 Å². The number of aromatic nitrogens is 2. The maximum absolute atomic E-state index is 4.29. The van der Waals surface area contributed by atoms with Crippen LogP contribution in [0.1, 0.15) is 38.1 Å². The largest absolute Gasteiger partial charge is 0.311 e. The zero-order chi connectivity index (χ0) is 11.1. The number of aryl methyl sites for hydroxylation is 1. The van der Waals surface area contributed by atoms with Crippen LogP contribution >= 0.6 is 0 Å². The topological polar surface area (TPSA) is 37.8 Å². The number of hydrogen-bond acceptors (Lipinski definition) is 3. The van der Waals surface area contributed by atoms with E-state index in [4.69, 9.17) is 0 Å². The number of rotatable bonds is 6. The summed E-state index contributed by atoms with van der Waals surface area (Å²) in [7, 11) is 0. The van der Waals surface area contributed by atoms with E-state index in [9.17, 15) is 0 Å². The minimum Gasteiger partial charge on any atom is -0.311 e. The Morgan fingerprint density at radius 2 is 2.07 bits per heavy atom. The van der Waals surface area contributed by atoms with Crippen molar-refractivity contribution in [3.05, 3.63) is 23.8 Å². The van der Waals surface area contributed by atoms with Crippen LogP contribution in [-0.4, -0.2) is 16.5 Å². The van der Waals surface area contributed by atoms with Crippen LogP contribution in [0.5, 0.6) is 0 Å². The highest BCUT2D eigenvalue weighted by atomic mass is 14.9. The maximum Gasteiger partial charge on any atom is 0.0724 e. The fourth-order valence-electron chi connectivity index (χ4n) is 1.36. The first kappa shape index (κ1) is 12.1. The molecule has 0 spiro atoms. The van der Waals surface area contributed by atoms with Gasteiger partial charge in [0.15, 0.2) is 0 Å². The second-order valence-electron chi connectivity index (χ2n) is 4.36. The van der Waals surface area contributed by atoms with Crippen molar-refractivity contribution in [3.8, 4) is 0 Å². The Morgan fingerprint density at radius 3 is 2.67 bits per heavy atom. The summed E-state index contributed by atoms with van der Waals surface area (Å²) in [5.41, 5.74) is 1.99. The van der Waals surface area contributed by atoms with E-state index in [0.29, 0.717) is 0 Å². The van der Waals surface area contributed by atoms with Crippen molar-refractivity contribution in [1.82, 2.24) is 15.3 Å². The molecule has 1 aromatic heterocycles. The molecule has 0 aromatic carbocycles. The minimum atomic E-state index is 0.797. The molecule has 1 N–H and O–H groups in total. The predicted octanol–water partition coefficient (Wildman–Crippen LogP) is 2.31. The van der Waals surface area contributed by atoms with Gasteiger partial charge in [-0.05, 0) is 32.2 Å². The lowest BCUT2D eigenvalue weighted by atomic mass is 10.1. The summed E-state index contributed by atoms with van der Waals surface area (Å²) in [5.74, 6) is 0.797. The summed E-state index contributed by atoms with van der Waals surface area (Å²) in [4.78, 5) is 8.49. The van der Waals surface area contributed by atoms with Crippen LogP contribution in [0.15, 0.2) is 12.4 Å². The third kappa shape index (κ3) is 5.47. The van der Waals surface area contributed by atoms with Crippen LogP contribution in [0.3, 0.4) is 0 Å². The van der Waals surface area contributed by atoms with E-state index in [2.05, 4.69) is 29.1 Å². The van der Waals surface area contributed by atoms with Gasteiger partial charge in [0, 0.05) is 18.9 Å². The molecule has 0 saturated heterocycles. The molecule has 1 rings (SSSR count). The molecule has 0 fully saturated rings. The molecular weight excluding hydrogens is 186 g/mol. The van der Waals surface area contributed by atoms with Gasteiger partial charge in [0.1, 0.15) is 0 Å². The summed E-state index contributed by atoms with van der Waals surface area (Å²) in [6.07, 6.45) is 6.17. The Kier molecular flexibility index (Phi) is 5.26. The lowest BCUT2D eigenvalue weighted by molar-refractivity contribution is 0.525. The highest BCUT2D eigenvalue weighted by Crippen LogP contribution is 2.02. The molecule has 0 bridgehead atoms. The molecule has 0 atom stereocenters. The second-order valence-corrected chi connectivity index (χ2v) is 4.36. The summed E-state index contributed by atoms with van der Waals surface area (Å²) >= 11 is 0. The van der Waals surface area contributed by atoms with Gasteiger partial charge in [0.25, 0.3) is 0 Å². The molecule has 0 radical (unpaired) electrons.